The van der Waals surface area contributed by atoms with Gasteiger partial charge in [-0.3, -0.25) is 19.3 Å². The van der Waals surface area contributed by atoms with Crippen molar-refractivity contribution in [1.29, 1.82) is 0 Å². The van der Waals surface area contributed by atoms with Gasteiger partial charge in [-0.2, -0.15) is 0 Å². The van der Waals surface area contributed by atoms with Gasteiger partial charge in [0.05, 0.1) is 25.0 Å². The van der Waals surface area contributed by atoms with E-state index >= 15 is 0 Å². The van der Waals surface area contributed by atoms with Crippen molar-refractivity contribution in [3.05, 3.63) is 36.4 Å². The number of anilines is 1. The molecule has 9 heteroatoms. The number of piperidine rings is 1. The molecule has 1 spiro atoms. The Morgan fingerprint density at radius 3 is 2.50 bits per heavy atom. The van der Waals surface area contributed by atoms with Gasteiger partial charge < -0.3 is 25.0 Å². The van der Waals surface area contributed by atoms with E-state index in [2.05, 4.69) is 22.5 Å². The number of hydrogen-bond donors (Lipinski definition) is 2. The highest BCUT2D eigenvalue weighted by Crippen LogP contribution is 2.55. The van der Waals surface area contributed by atoms with Gasteiger partial charge >= 0.3 is 0 Å². The molecule has 0 radical (unpaired) electrons. The van der Waals surface area contributed by atoms with Gasteiger partial charge in [0.25, 0.3) is 0 Å². The van der Waals surface area contributed by atoms with Crippen LogP contribution in [0.2, 0.25) is 0 Å². The molecule has 6 rings (SSSR count). The zero-order chi connectivity index (χ0) is 27.9. The normalized spacial score (nSPS) is 33.7. The summed E-state index contributed by atoms with van der Waals surface area (Å²) in [5.41, 5.74) is -0.504. The molecule has 9 nitrogen and oxygen atoms in total. The lowest BCUT2D eigenvalue weighted by molar-refractivity contribution is -0.141. The molecule has 0 aromatic heterocycles. The molecule has 1 aromatic rings. The van der Waals surface area contributed by atoms with E-state index in [1.54, 1.807) is 36.3 Å². The van der Waals surface area contributed by atoms with E-state index in [0.717, 1.165) is 45.1 Å². The number of carbonyl (C=O) groups is 3. The number of amides is 3. The average Bonchev–Trinajstić information content (AvgIpc) is 3.61. The third-order valence-corrected chi connectivity index (χ3v) is 9.80. The Kier molecular flexibility index (Phi) is 7.61. The fourth-order valence-electron chi connectivity index (χ4n) is 7.66. The lowest BCUT2D eigenvalue weighted by Crippen LogP contribution is -2.57. The van der Waals surface area contributed by atoms with E-state index in [4.69, 9.17) is 9.47 Å². The van der Waals surface area contributed by atoms with E-state index in [0.29, 0.717) is 30.6 Å². The van der Waals surface area contributed by atoms with Crippen LogP contribution in [0.1, 0.15) is 58.3 Å². The summed E-state index contributed by atoms with van der Waals surface area (Å²) in [4.78, 5) is 46.0. The lowest BCUT2D eigenvalue weighted by atomic mass is 9.74. The van der Waals surface area contributed by atoms with Crippen LogP contribution >= 0.6 is 0 Å². The molecule has 4 unspecified atom stereocenters. The molecule has 3 saturated heterocycles. The van der Waals surface area contributed by atoms with Crippen molar-refractivity contribution in [2.75, 3.05) is 32.1 Å². The molecule has 216 valence electrons. The summed E-state index contributed by atoms with van der Waals surface area (Å²) in [7, 11) is 1.59. The predicted octanol–water partition coefficient (Wildman–Crippen LogP) is 3.11. The van der Waals surface area contributed by atoms with Gasteiger partial charge in [0.1, 0.15) is 17.4 Å². The first-order valence-corrected chi connectivity index (χ1v) is 15.1. The quantitative estimate of drug-likeness (QED) is 0.483. The molecular weight excluding hydrogens is 508 g/mol. The summed E-state index contributed by atoms with van der Waals surface area (Å²) in [6, 6.07) is 6.90. The largest absolute Gasteiger partial charge is 0.497 e. The minimum Gasteiger partial charge on any atom is -0.497 e. The molecule has 4 heterocycles. The molecule has 4 fully saturated rings. The summed E-state index contributed by atoms with van der Waals surface area (Å²) in [5.74, 6) is -1.33. The molecule has 1 aromatic carbocycles. The van der Waals surface area contributed by atoms with Gasteiger partial charge in [-0.15, -0.1) is 0 Å². The molecule has 4 aliphatic heterocycles. The smallest absolute Gasteiger partial charge is 0.246 e. The summed E-state index contributed by atoms with van der Waals surface area (Å²) >= 11 is 0. The average molecular weight is 551 g/mol. The van der Waals surface area contributed by atoms with Crippen molar-refractivity contribution >= 4 is 23.4 Å². The van der Waals surface area contributed by atoms with Gasteiger partial charge in [0.2, 0.25) is 17.7 Å². The molecule has 2 N–H and O–H groups in total. The van der Waals surface area contributed by atoms with E-state index in [1.807, 2.05) is 12.2 Å². The minimum atomic E-state index is -1.13. The lowest BCUT2D eigenvalue weighted by Gasteiger charge is -2.37. The van der Waals surface area contributed by atoms with Crippen LogP contribution in [0.5, 0.6) is 5.75 Å². The van der Waals surface area contributed by atoms with Gasteiger partial charge in [0, 0.05) is 30.9 Å². The van der Waals surface area contributed by atoms with E-state index in [9.17, 15) is 14.4 Å². The van der Waals surface area contributed by atoms with E-state index in [-0.39, 0.29) is 23.8 Å². The number of rotatable bonds is 8. The van der Waals surface area contributed by atoms with Gasteiger partial charge in [-0.25, -0.2) is 0 Å². The number of carbonyl (C=O) groups excluding carboxylic acids is 3. The Balaban J connectivity index is 1.26. The second-order valence-electron chi connectivity index (χ2n) is 12.2. The van der Waals surface area contributed by atoms with Crippen molar-refractivity contribution in [3.8, 4) is 5.75 Å². The maximum absolute atomic E-state index is 14.2. The highest BCUT2D eigenvalue weighted by molar-refractivity contribution is 6.02. The molecule has 1 saturated carbocycles. The Hall–Kier alpha value is -2.91. The minimum absolute atomic E-state index is 0.118. The summed E-state index contributed by atoms with van der Waals surface area (Å²) in [6.07, 6.45) is 12.1. The number of ether oxygens (including phenoxy) is 2. The maximum atomic E-state index is 14.2. The first kappa shape index (κ1) is 27.3. The van der Waals surface area contributed by atoms with Crippen molar-refractivity contribution in [2.24, 2.45) is 11.8 Å². The molecular formula is C31H42N4O5. The van der Waals surface area contributed by atoms with Crippen LogP contribution in [0.3, 0.4) is 0 Å². The van der Waals surface area contributed by atoms with Crippen molar-refractivity contribution in [3.63, 3.8) is 0 Å². The molecule has 3 amide bonds. The number of benzene rings is 1. The van der Waals surface area contributed by atoms with Crippen molar-refractivity contribution in [2.45, 2.75) is 88.1 Å². The third kappa shape index (κ3) is 4.81. The molecule has 5 aliphatic rings. The first-order valence-electron chi connectivity index (χ1n) is 15.1. The van der Waals surface area contributed by atoms with Crippen LogP contribution in [0.4, 0.5) is 5.69 Å². The number of likely N-dealkylation sites (tertiary alicyclic amines) is 2. The van der Waals surface area contributed by atoms with Gasteiger partial charge in [-0.1, -0.05) is 37.8 Å². The second kappa shape index (κ2) is 11.2. The summed E-state index contributed by atoms with van der Waals surface area (Å²) in [5, 5.41) is 6.25. The van der Waals surface area contributed by atoms with Crippen LogP contribution in [0, 0.1) is 11.8 Å². The Bertz CT molecular complexity index is 1150. The van der Waals surface area contributed by atoms with Crippen LogP contribution < -0.4 is 15.4 Å². The fraction of sp³-hybridized carbons (Fsp3) is 0.645. The Labute approximate surface area is 236 Å². The van der Waals surface area contributed by atoms with E-state index in [1.165, 1.54) is 12.8 Å². The van der Waals surface area contributed by atoms with Crippen LogP contribution in [0.25, 0.3) is 0 Å². The van der Waals surface area contributed by atoms with Crippen LogP contribution in [-0.2, 0) is 19.1 Å². The zero-order valence-corrected chi connectivity index (χ0v) is 23.6. The van der Waals surface area contributed by atoms with Gasteiger partial charge in [-0.05, 0) is 63.4 Å². The maximum Gasteiger partial charge on any atom is 0.246 e. The van der Waals surface area contributed by atoms with Crippen molar-refractivity contribution < 1.29 is 23.9 Å². The highest BCUT2D eigenvalue weighted by Gasteiger charge is 2.72. The van der Waals surface area contributed by atoms with Gasteiger partial charge in [0.15, 0.2) is 0 Å². The molecule has 40 heavy (non-hydrogen) atoms. The monoisotopic (exact) mass is 550 g/mol. The molecule has 6 atom stereocenters. The predicted molar refractivity (Wildman–Crippen MR) is 151 cm³/mol. The number of nitrogens with one attached hydrogen (secondary N) is 2. The number of methoxy groups -OCH3 is 1. The summed E-state index contributed by atoms with van der Waals surface area (Å²) < 4.78 is 11.7. The summed E-state index contributed by atoms with van der Waals surface area (Å²) in [6.45, 7) is 4.39. The van der Waals surface area contributed by atoms with Crippen LogP contribution in [-0.4, -0.2) is 84.1 Å². The molecule has 2 bridgehead atoms. The van der Waals surface area contributed by atoms with E-state index < -0.39 is 29.6 Å². The SMILES string of the molecule is COc1ccc(NC(=O)C2[C@@H]3C=CC4(O3)C(C(=O)NC3CCCCC3)N(CCN3CCCCC3C)C(=O)[C@H]24)cc1. The van der Waals surface area contributed by atoms with Crippen molar-refractivity contribution in [1.82, 2.24) is 15.1 Å². The van der Waals surface area contributed by atoms with Crippen LogP contribution in [0.15, 0.2) is 36.4 Å². The number of hydrogen-bond acceptors (Lipinski definition) is 6. The Morgan fingerprint density at radius 1 is 1.02 bits per heavy atom. The highest BCUT2D eigenvalue weighted by atomic mass is 16.5. The second-order valence-corrected chi connectivity index (χ2v) is 12.2. The fourth-order valence-corrected chi connectivity index (χ4v) is 7.66. The topological polar surface area (TPSA) is 100 Å². The molecule has 1 aliphatic carbocycles. The number of fused-ring (bicyclic) bond motifs is 1. The zero-order valence-electron chi connectivity index (χ0n) is 23.6. The standard InChI is InChI=1S/C31H42N4O5/c1-20-8-6-7-17-34(20)18-19-35-27(29(37)33-21-9-4-3-5-10-21)31-16-15-24(40-31)25(26(31)30(35)38)28(36)32-22-11-13-23(39-2)14-12-22/h11-16,20-21,24-27H,3-10,17-19H2,1-2H3,(H,32,36)(H,33,37)/t20?,24-,25?,26-,27?,31?/m0/s1. The third-order valence-electron chi connectivity index (χ3n) is 9.80. The first-order chi connectivity index (χ1) is 19.4. The number of nitrogens with zero attached hydrogens (tertiary/aromatic N) is 2. The Morgan fingerprint density at radius 2 is 1.77 bits per heavy atom.